The van der Waals surface area contributed by atoms with Crippen molar-refractivity contribution in [3.63, 3.8) is 0 Å². The Labute approximate surface area is 104 Å². The van der Waals surface area contributed by atoms with Crippen molar-refractivity contribution in [3.05, 3.63) is 22.6 Å². The van der Waals surface area contributed by atoms with E-state index in [0.29, 0.717) is 16.8 Å². The molecule has 5 heteroatoms. The second-order valence-corrected chi connectivity index (χ2v) is 4.60. The molecule has 0 aliphatic rings. The van der Waals surface area contributed by atoms with Crippen molar-refractivity contribution in [2.45, 2.75) is 32.2 Å². The summed E-state index contributed by atoms with van der Waals surface area (Å²) in [7, 11) is 0. The van der Waals surface area contributed by atoms with Crippen LogP contribution in [0.1, 0.15) is 37.2 Å². The van der Waals surface area contributed by atoms with Gasteiger partial charge in [-0.3, -0.25) is 4.79 Å². The highest BCUT2D eigenvalue weighted by Crippen LogP contribution is 2.20. The van der Waals surface area contributed by atoms with Crippen molar-refractivity contribution in [3.8, 4) is 0 Å². The maximum Gasteiger partial charge on any atom is 0.288 e. The Bertz CT molecular complexity index is 350. The smallest absolute Gasteiger partial charge is 0.288 e. The van der Waals surface area contributed by atoms with Gasteiger partial charge in [0.15, 0.2) is 0 Å². The van der Waals surface area contributed by atoms with Crippen LogP contribution in [0.5, 0.6) is 0 Å². The minimum Gasteiger partial charge on any atom is -0.458 e. The topological polar surface area (TPSA) is 68.3 Å². The summed E-state index contributed by atoms with van der Waals surface area (Å²) in [6.45, 7) is 4.44. The molecule has 0 atom stereocenters. The largest absolute Gasteiger partial charge is 0.458 e. The molecule has 16 heavy (non-hydrogen) atoms. The SMILES string of the molecule is CCC(CC)(CN)NC(=O)c1occc1Br. The third-order valence-corrected chi connectivity index (χ3v) is 3.57. The average Bonchev–Trinajstić information content (AvgIpc) is 2.72. The van der Waals surface area contributed by atoms with Crippen LogP contribution in [-0.4, -0.2) is 18.0 Å². The molecule has 1 amide bonds. The van der Waals surface area contributed by atoms with Crippen LogP contribution in [0.2, 0.25) is 0 Å². The molecular weight excluding hydrogens is 272 g/mol. The van der Waals surface area contributed by atoms with Gasteiger partial charge in [-0.05, 0) is 34.8 Å². The van der Waals surface area contributed by atoms with Gasteiger partial charge in [0.2, 0.25) is 5.76 Å². The number of carbonyl (C=O) groups is 1. The van der Waals surface area contributed by atoms with E-state index in [4.69, 9.17) is 10.2 Å². The lowest BCUT2D eigenvalue weighted by Gasteiger charge is -2.31. The van der Waals surface area contributed by atoms with Gasteiger partial charge in [0, 0.05) is 6.54 Å². The Hall–Kier alpha value is -0.810. The fourth-order valence-electron chi connectivity index (χ4n) is 1.52. The summed E-state index contributed by atoms with van der Waals surface area (Å²) in [5.41, 5.74) is 5.37. The van der Waals surface area contributed by atoms with Crippen LogP contribution >= 0.6 is 15.9 Å². The van der Waals surface area contributed by atoms with Crippen LogP contribution in [0.4, 0.5) is 0 Å². The zero-order valence-corrected chi connectivity index (χ0v) is 11.1. The third kappa shape index (κ3) is 2.65. The number of hydrogen-bond donors (Lipinski definition) is 2. The van der Waals surface area contributed by atoms with Crippen LogP contribution in [0.3, 0.4) is 0 Å². The van der Waals surface area contributed by atoms with Crippen molar-refractivity contribution in [2.75, 3.05) is 6.54 Å². The molecule has 0 saturated carbocycles. The van der Waals surface area contributed by atoms with Gasteiger partial charge in [-0.2, -0.15) is 0 Å². The highest BCUT2D eigenvalue weighted by Gasteiger charge is 2.28. The molecule has 0 aliphatic carbocycles. The molecule has 0 radical (unpaired) electrons. The second kappa shape index (κ2) is 5.50. The summed E-state index contributed by atoms with van der Waals surface area (Å²) in [6, 6.07) is 1.69. The first-order chi connectivity index (χ1) is 7.58. The molecule has 90 valence electrons. The first kappa shape index (κ1) is 13.3. The predicted molar refractivity (Wildman–Crippen MR) is 66.2 cm³/mol. The zero-order chi connectivity index (χ0) is 12.2. The van der Waals surface area contributed by atoms with Crippen molar-refractivity contribution < 1.29 is 9.21 Å². The summed E-state index contributed by atoms with van der Waals surface area (Å²) in [5.74, 6) is 0.0609. The number of amides is 1. The third-order valence-electron chi connectivity index (χ3n) is 2.95. The van der Waals surface area contributed by atoms with Gasteiger partial charge >= 0.3 is 0 Å². The van der Waals surface area contributed by atoms with E-state index in [1.165, 1.54) is 6.26 Å². The second-order valence-electron chi connectivity index (χ2n) is 3.74. The van der Waals surface area contributed by atoms with E-state index in [9.17, 15) is 4.79 Å². The summed E-state index contributed by atoms with van der Waals surface area (Å²) in [4.78, 5) is 11.9. The molecule has 0 saturated heterocycles. The van der Waals surface area contributed by atoms with Crippen LogP contribution in [0, 0.1) is 0 Å². The lowest BCUT2D eigenvalue weighted by atomic mass is 9.93. The molecule has 0 aliphatic heterocycles. The molecule has 0 bridgehead atoms. The normalized spacial score (nSPS) is 11.5. The van der Waals surface area contributed by atoms with Gasteiger partial charge in [0.25, 0.3) is 5.91 Å². The standard InChI is InChI=1S/C11H17BrN2O2/c1-3-11(4-2,7-13)14-10(15)9-8(12)5-6-16-9/h5-6H,3-4,7,13H2,1-2H3,(H,14,15). The van der Waals surface area contributed by atoms with Crippen molar-refractivity contribution in [1.82, 2.24) is 5.32 Å². The number of halogens is 1. The molecule has 0 fully saturated rings. The molecule has 1 aromatic heterocycles. The Morgan fingerprint density at radius 2 is 2.19 bits per heavy atom. The van der Waals surface area contributed by atoms with E-state index in [1.54, 1.807) is 6.07 Å². The highest BCUT2D eigenvalue weighted by atomic mass is 79.9. The molecule has 4 nitrogen and oxygen atoms in total. The number of nitrogens with two attached hydrogens (primary N) is 1. The molecular formula is C11H17BrN2O2. The lowest BCUT2D eigenvalue weighted by Crippen LogP contribution is -2.52. The zero-order valence-electron chi connectivity index (χ0n) is 9.55. The fraction of sp³-hybridized carbons (Fsp3) is 0.545. The van der Waals surface area contributed by atoms with Gasteiger partial charge in [-0.1, -0.05) is 13.8 Å². The predicted octanol–water partition coefficient (Wildman–Crippen LogP) is 2.29. The summed E-state index contributed by atoms with van der Waals surface area (Å²) >= 11 is 3.25. The van der Waals surface area contributed by atoms with E-state index in [2.05, 4.69) is 21.2 Å². The molecule has 0 aromatic carbocycles. The van der Waals surface area contributed by atoms with Crippen LogP contribution < -0.4 is 11.1 Å². The van der Waals surface area contributed by atoms with Gasteiger partial charge in [0.1, 0.15) is 0 Å². The molecule has 0 spiro atoms. The maximum absolute atomic E-state index is 11.9. The Kier molecular flexibility index (Phi) is 4.56. The Morgan fingerprint density at radius 3 is 2.56 bits per heavy atom. The Balaban J connectivity index is 2.81. The highest BCUT2D eigenvalue weighted by molar-refractivity contribution is 9.10. The van der Waals surface area contributed by atoms with Crippen molar-refractivity contribution in [1.29, 1.82) is 0 Å². The molecule has 3 N–H and O–H groups in total. The first-order valence-electron chi connectivity index (χ1n) is 5.34. The van der Waals surface area contributed by atoms with Gasteiger partial charge in [-0.25, -0.2) is 0 Å². The van der Waals surface area contributed by atoms with E-state index >= 15 is 0 Å². The first-order valence-corrected chi connectivity index (χ1v) is 6.13. The number of furan rings is 1. The monoisotopic (exact) mass is 288 g/mol. The summed E-state index contributed by atoms with van der Waals surface area (Å²) in [6.07, 6.45) is 3.06. The summed E-state index contributed by atoms with van der Waals surface area (Å²) in [5, 5.41) is 2.94. The molecule has 1 heterocycles. The van der Waals surface area contributed by atoms with Gasteiger partial charge in [0.05, 0.1) is 16.3 Å². The fourth-order valence-corrected chi connectivity index (χ4v) is 1.90. The van der Waals surface area contributed by atoms with Crippen LogP contribution in [0.15, 0.2) is 21.2 Å². The number of hydrogen-bond acceptors (Lipinski definition) is 3. The lowest BCUT2D eigenvalue weighted by molar-refractivity contribution is 0.0865. The van der Waals surface area contributed by atoms with Crippen LogP contribution in [-0.2, 0) is 0 Å². The molecule has 0 unspecified atom stereocenters. The minimum atomic E-state index is -0.344. The average molecular weight is 289 g/mol. The number of rotatable bonds is 5. The minimum absolute atomic E-state index is 0.231. The van der Waals surface area contributed by atoms with E-state index < -0.39 is 0 Å². The Morgan fingerprint density at radius 1 is 1.56 bits per heavy atom. The van der Waals surface area contributed by atoms with E-state index in [-0.39, 0.29) is 11.4 Å². The van der Waals surface area contributed by atoms with Gasteiger partial charge < -0.3 is 15.5 Å². The van der Waals surface area contributed by atoms with Gasteiger partial charge in [-0.15, -0.1) is 0 Å². The van der Waals surface area contributed by atoms with E-state index in [1.807, 2.05) is 13.8 Å². The van der Waals surface area contributed by atoms with Crippen molar-refractivity contribution in [2.24, 2.45) is 5.73 Å². The number of carbonyl (C=O) groups excluding carboxylic acids is 1. The molecule has 1 rings (SSSR count). The van der Waals surface area contributed by atoms with Crippen LogP contribution in [0.25, 0.3) is 0 Å². The number of nitrogens with one attached hydrogen (secondary N) is 1. The molecule has 1 aromatic rings. The maximum atomic E-state index is 11.9. The quantitative estimate of drug-likeness (QED) is 0.873. The summed E-state index contributed by atoms with van der Waals surface area (Å²) < 4.78 is 5.76. The van der Waals surface area contributed by atoms with Crippen molar-refractivity contribution >= 4 is 21.8 Å². The van der Waals surface area contributed by atoms with E-state index in [0.717, 1.165) is 12.8 Å².